The average Bonchev–Trinajstić information content (AvgIpc) is 3.48. The molecule has 4 heterocycles. The lowest BCUT2D eigenvalue weighted by Gasteiger charge is -2.34. The topological polar surface area (TPSA) is 106 Å². The van der Waals surface area contributed by atoms with E-state index in [1.807, 2.05) is 6.07 Å². The molecule has 3 aromatic rings. The number of hydrogen-bond acceptors (Lipinski definition) is 7. The van der Waals surface area contributed by atoms with Crippen LogP contribution >= 0.6 is 22.9 Å². The van der Waals surface area contributed by atoms with Gasteiger partial charge in [0.15, 0.2) is 5.76 Å². The highest BCUT2D eigenvalue weighted by molar-refractivity contribution is 7.19. The van der Waals surface area contributed by atoms with Gasteiger partial charge in [0.05, 0.1) is 26.9 Å². The summed E-state index contributed by atoms with van der Waals surface area (Å²) in [7, 11) is 0. The molecule has 1 saturated heterocycles. The lowest BCUT2D eigenvalue weighted by atomic mass is 10.0. The monoisotopic (exact) mass is 477 g/mol. The van der Waals surface area contributed by atoms with Gasteiger partial charge in [-0.05, 0) is 38.8 Å². The van der Waals surface area contributed by atoms with Gasteiger partial charge in [-0.15, -0.1) is 11.3 Å². The van der Waals surface area contributed by atoms with Crippen LogP contribution in [0, 0.1) is 10.1 Å². The van der Waals surface area contributed by atoms with E-state index in [4.69, 9.17) is 16.1 Å². The maximum absolute atomic E-state index is 13.0. The number of carbonyl (C=O) groups is 1. The summed E-state index contributed by atoms with van der Waals surface area (Å²) in [6.07, 6.45) is 3.05. The van der Waals surface area contributed by atoms with E-state index >= 15 is 0 Å². The predicted molar refractivity (Wildman–Crippen MR) is 122 cm³/mol. The lowest BCUT2D eigenvalue weighted by molar-refractivity contribution is -0.384. The van der Waals surface area contributed by atoms with Crippen LogP contribution in [0.15, 0.2) is 35.0 Å². The van der Waals surface area contributed by atoms with Gasteiger partial charge in [-0.1, -0.05) is 16.8 Å². The van der Waals surface area contributed by atoms with Crippen molar-refractivity contribution in [2.75, 3.05) is 13.1 Å². The summed E-state index contributed by atoms with van der Waals surface area (Å²) in [6, 6.07) is 7.18. The van der Waals surface area contributed by atoms with E-state index in [1.165, 1.54) is 23.6 Å². The number of hydrogen-bond donors (Lipinski definition) is 1. The lowest BCUT2D eigenvalue weighted by Crippen LogP contribution is -2.46. The number of rotatable bonds is 7. The van der Waals surface area contributed by atoms with Gasteiger partial charge >= 0.3 is 0 Å². The van der Waals surface area contributed by atoms with Gasteiger partial charge in [-0.25, -0.2) is 0 Å². The zero-order valence-corrected chi connectivity index (χ0v) is 19.4. The summed E-state index contributed by atoms with van der Waals surface area (Å²) < 4.78 is 7.57. The Balaban J connectivity index is 1.49. The number of nitrogens with one attached hydrogen (secondary N) is 1. The minimum absolute atomic E-state index is 0.0436. The fourth-order valence-corrected chi connectivity index (χ4v) is 4.85. The van der Waals surface area contributed by atoms with Crippen molar-refractivity contribution in [3.8, 4) is 10.6 Å². The van der Waals surface area contributed by atoms with Gasteiger partial charge in [-0.2, -0.15) is 0 Å². The SMILES string of the molecule is CC(C)N1CCC(NC(=O)c2cc([N+](=O)[O-])cn2Cc2cc(-c3ccc(Cl)s3)on2)CC1. The van der Waals surface area contributed by atoms with Crippen molar-refractivity contribution in [3.05, 3.63) is 56.3 Å². The normalized spacial score (nSPS) is 15.4. The highest BCUT2D eigenvalue weighted by Gasteiger charge is 2.25. The molecule has 3 aromatic heterocycles. The molecule has 0 saturated carbocycles. The Hall–Kier alpha value is -2.69. The third kappa shape index (κ3) is 5.03. The zero-order valence-electron chi connectivity index (χ0n) is 17.8. The van der Waals surface area contributed by atoms with Gasteiger partial charge in [0.2, 0.25) is 0 Å². The largest absolute Gasteiger partial charge is 0.355 e. The molecule has 11 heteroatoms. The second kappa shape index (κ2) is 9.43. The minimum Gasteiger partial charge on any atom is -0.355 e. The number of carbonyl (C=O) groups excluding carboxylic acids is 1. The zero-order chi connectivity index (χ0) is 22.8. The molecular formula is C21H24ClN5O4S. The van der Waals surface area contributed by atoms with Crippen LogP contribution in [0.3, 0.4) is 0 Å². The molecule has 1 N–H and O–H groups in total. The van der Waals surface area contributed by atoms with E-state index in [0.29, 0.717) is 21.8 Å². The summed E-state index contributed by atoms with van der Waals surface area (Å²) in [4.78, 5) is 27.0. The number of likely N-dealkylation sites (tertiary alicyclic amines) is 1. The van der Waals surface area contributed by atoms with E-state index in [1.54, 1.807) is 16.7 Å². The van der Waals surface area contributed by atoms with Crippen molar-refractivity contribution in [2.24, 2.45) is 0 Å². The van der Waals surface area contributed by atoms with Crippen LogP contribution < -0.4 is 5.32 Å². The summed E-state index contributed by atoms with van der Waals surface area (Å²) in [5.41, 5.74) is 0.638. The summed E-state index contributed by atoms with van der Waals surface area (Å²) in [5.74, 6) is 0.233. The van der Waals surface area contributed by atoms with Gasteiger partial charge in [0, 0.05) is 37.3 Å². The second-order valence-electron chi connectivity index (χ2n) is 8.13. The number of thiophene rings is 1. The standard InChI is InChI=1S/C21H24ClN5O4S/c1-13(2)25-7-5-14(6-8-25)23-21(28)17-10-16(27(29)30)12-26(17)11-15-9-18(31-24-15)19-3-4-20(22)32-19/h3-4,9-10,12-14H,5-8,11H2,1-2H3,(H,23,28). The van der Waals surface area contributed by atoms with Crippen LogP contribution in [0.25, 0.3) is 10.6 Å². The first-order valence-corrected chi connectivity index (χ1v) is 11.6. The summed E-state index contributed by atoms with van der Waals surface area (Å²) in [5, 5.41) is 18.4. The Morgan fingerprint density at radius 2 is 2.12 bits per heavy atom. The minimum atomic E-state index is -0.504. The first-order valence-electron chi connectivity index (χ1n) is 10.4. The van der Waals surface area contributed by atoms with Crippen LogP contribution in [0.1, 0.15) is 42.9 Å². The summed E-state index contributed by atoms with van der Waals surface area (Å²) in [6.45, 7) is 6.32. The highest BCUT2D eigenvalue weighted by atomic mass is 35.5. The molecule has 0 aliphatic carbocycles. The van der Waals surface area contributed by atoms with Crippen molar-refractivity contribution in [2.45, 2.75) is 45.3 Å². The van der Waals surface area contributed by atoms with Gasteiger partial charge in [0.25, 0.3) is 11.6 Å². The molecule has 9 nitrogen and oxygen atoms in total. The fourth-order valence-electron chi connectivity index (χ4n) is 3.86. The van der Waals surface area contributed by atoms with Crippen LogP contribution in [0.2, 0.25) is 4.34 Å². The van der Waals surface area contributed by atoms with Crippen LogP contribution in [-0.2, 0) is 6.54 Å². The Kier molecular flexibility index (Phi) is 6.63. The van der Waals surface area contributed by atoms with Gasteiger partial charge in [-0.3, -0.25) is 14.9 Å². The Labute approximate surface area is 194 Å². The molecule has 0 bridgehead atoms. The third-order valence-corrected chi connectivity index (χ3v) is 6.87. The first-order chi connectivity index (χ1) is 15.3. The molecule has 170 valence electrons. The maximum Gasteiger partial charge on any atom is 0.287 e. The number of nitro groups is 1. The number of aromatic nitrogens is 2. The molecule has 0 radical (unpaired) electrons. The molecule has 0 atom stereocenters. The van der Waals surface area contributed by atoms with Crippen LogP contribution in [-0.4, -0.2) is 50.6 Å². The molecule has 0 spiro atoms. The molecule has 0 unspecified atom stereocenters. The van der Waals surface area contributed by atoms with Gasteiger partial charge < -0.3 is 19.3 Å². The molecule has 0 aromatic carbocycles. The van der Waals surface area contributed by atoms with E-state index in [9.17, 15) is 14.9 Å². The highest BCUT2D eigenvalue weighted by Crippen LogP contribution is 2.31. The molecule has 4 rings (SSSR count). The number of nitrogens with zero attached hydrogens (tertiary/aromatic N) is 4. The number of amides is 1. The van der Waals surface area contributed by atoms with Crippen molar-refractivity contribution >= 4 is 34.5 Å². The molecular weight excluding hydrogens is 454 g/mol. The molecule has 1 amide bonds. The molecule has 32 heavy (non-hydrogen) atoms. The van der Waals surface area contributed by atoms with Crippen molar-refractivity contribution < 1.29 is 14.2 Å². The average molecular weight is 478 g/mol. The molecule has 1 aliphatic rings. The van der Waals surface area contributed by atoms with E-state index in [0.717, 1.165) is 30.8 Å². The molecule has 1 fully saturated rings. The first kappa shape index (κ1) is 22.5. The summed E-state index contributed by atoms with van der Waals surface area (Å²) >= 11 is 7.35. The number of halogens is 1. The fraction of sp³-hybridized carbons (Fsp3) is 0.429. The Morgan fingerprint density at radius 1 is 1.38 bits per heavy atom. The van der Waals surface area contributed by atoms with E-state index in [-0.39, 0.29) is 29.9 Å². The maximum atomic E-state index is 13.0. The van der Waals surface area contributed by atoms with Crippen LogP contribution in [0.4, 0.5) is 5.69 Å². The van der Waals surface area contributed by atoms with Crippen molar-refractivity contribution in [3.63, 3.8) is 0 Å². The second-order valence-corrected chi connectivity index (χ2v) is 9.85. The van der Waals surface area contributed by atoms with Crippen LogP contribution in [0.5, 0.6) is 0 Å². The van der Waals surface area contributed by atoms with Crippen molar-refractivity contribution in [1.29, 1.82) is 0 Å². The Bertz CT molecular complexity index is 1110. The van der Waals surface area contributed by atoms with Gasteiger partial charge in [0.1, 0.15) is 11.4 Å². The smallest absolute Gasteiger partial charge is 0.287 e. The third-order valence-electron chi connectivity index (χ3n) is 5.63. The van der Waals surface area contributed by atoms with Crippen molar-refractivity contribution in [1.82, 2.24) is 19.9 Å². The quantitative estimate of drug-likeness (QED) is 0.399. The predicted octanol–water partition coefficient (Wildman–Crippen LogP) is 4.42. The Morgan fingerprint density at radius 3 is 2.75 bits per heavy atom. The molecule has 1 aliphatic heterocycles. The van der Waals surface area contributed by atoms with E-state index in [2.05, 4.69) is 29.2 Å². The number of piperidine rings is 1. The van der Waals surface area contributed by atoms with E-state index < -0.39 is 4.92 Å².